The van der Waals surface area contributed by atoms with E-state index in [0.29, 0.717) is 6.42 Å². The van der Waals surface area contributed by atoms with E-state index in [4.69, 9.17) is 9.84 Å². The van der Waals surface area contributed by atoms with Gasteiger partial charge in [-0.05, 0) is 45.6 Å². The lowest BCUT2D eigenvalue weighted by atomic mass is 10.0. The van der Waals surface area contributed by atoms with Crippen molar-refractivity contribution in [1.29, 1.82) is 0 Å². The molecule has 0 bridgehead atoms. The molecule has 0 unspecified atom stereocenters. The predicted molar refractivity (Wildman–Crippen MR) is 66.6 cm³/mol. The summed E-state index contributed by atoms with van der Waals surface area (Å²) in [6, 6.07) is 5.57. The monoisotopic (exact) mass is 284 g/mol. The number of hydrogen-bond acceptors (Lipinski definition) is 2. The highest BCUT2D eigenvalue weighted by atomic mass is 79.9. The van der Waals surface area contributed by atoms with Crippen LogP contribution in [0.2, 0.25) is 0 Å². The molecule has 1 rings (SSSR count). The second-order valence-electron chi connectivity index (χ2n) is 3.35. The molecule has 1 N–H and O–H groups in total. The molecule has 0 fully saturated rings. The van der Waals surface area contributed by atoms with Gasteiger partial charge in [-0.25, -0.2) is 0 Å². The number of aliphatic carboxylic acids is 1. The average Bonchev–Trinajstić information content (AvgIpc) is 2.25. The van der Waals surface area contributed by atoms with Crippen molar-refractivity contribution in [3.8, 4) is 5.75 Å². The van der Waals surface area contributed by atoms with Crippen LogP contribution in [-0.4, -0.2) is 18.2 Å². The van der Waals surface area contributed by atoms with E-state index in [2.05, 4.69) is 22.5 Å². The number of halogens is 1. The van der Waals surface area contributed by atoms with Crippen LogP contribution in [0.25, 0.3) is 5.57 Å². The van der Waals surface area contributed by atoms with E-state index in [1.165, 1.54) is 0 Å². The van der Waals surface area contributed by atoms with Crippen LogP contribution < -0.4 is 4.74 Å². The van der Waals surface area contributed by atoms with Gasteiger partial charge < -0.3 is 9.84 Å². The fourth-order valence-corrected chi connectivity index (χ4v) is 1.83. The van der Waals surface area contributed by atoms with E-state index in [0.717, 1.165) is 21.4 Å². The molecule has 0 amide bonds. The molecule has 1 aromatic rings. The van der Waals surface area contributed by atoms with Gasteiger partial charge in [-0.1, -0.05) is 12.6 Å². The van der Waals surface area contributed by atoms with Gasteiger partial charge in [0, 0.05) is 6.42 Å². The zero-order chi connectivity index (χ0) is 12.1. The first-order valence-electron chi connectivity index (χ1n) is 4.78. The van der Waals surface area contributed by atoms with Gasteiger partial charge in [0.15, 0.2) is 0 Å². The van der Waals surface area contributed by atoms with Crippen molar-refractivity contribution in [3.63, 3.8) is 0 Å². The van der Waals surface area contributed by atoms with Crippen molar-refractivity contribution in [2.24, 2.45) is 0 Å². The van der Waals surface area contributed by atoms with Gasteiger partial charge in [0.05, 0.1) is 11.6 Å². The molecule has 0 heterocycles. The lowest BCUT2D eigenvalue weighted by Gasteiger charge is -2.08. The van der Waals surface area contributed by atoms with Crippen LogP contribution in [0.4, 0.5) is 0 Å². The first kappa shape index (κ1) is 12.8. The van der Waals surface area contributed by atoms with Crippen molar-refractivity contribution in [1.82, 2.24) is 0 Å². The van der Waals surface area contributed by atoms with E-state index in [1.54, 1.807) is 7.11 Å². The molecule has 0 saturated heterocycles. The number of benzene rings is 1. The summed E-state index contributed by atoms with van der Waals surface area (Å²) in [7, 11) is 1.60. The summed E-state index contributed by atoms with van der Waals surface area (Å²) >= 11 is 3.37. The Bertz CT molecular complexity index is 413. The van der Waals surface area contributed by atoms with Crippen molar-refractivity contribution in [2.45, 2.75) is 12.8 Å². The molecule has 0 saturated carbocycles. The molecule has 0 aliphatic rings. The van der Waals surface area contributed by atoms with Crippen molar-refractivity contribution >= 4 is 27.5 Å². The molecule has 1 aromatic carbocycles. The van der Waals surface area contributed by atoms with Gasteiger partial charge in [0.25, 0.3) is 0 Å². The number of rotatable bonds is 5. The first-order chi connectivity index (χ1) is 7.54. The molecule has 16 heavy (non-hydrogen) atoms. The van der Waals surface area contributed by atoms with Crippen LogP contribution in [0.15, 0.2) is 29.3 Å². The van der Waals surface area contributed by atoms with Gasteiger partial charge in [0.1, 0.15) is 5.75 Å². The quantitative estimate of drug-likeness (QED) is 0.902. The zero-order valence-corrected chi connectivity index (χ0v) is 10.6. The second-order valence-corrected chi connectivity index (χ2v) is 4.20. The van der Waals surface area contributed by atoms with Crippen molar-refractivity contribution in [3.05, 3.63) is 34.8 Å². The van der Waals surface area contributed by atoms with Crippen LogP contribution in [0.1, 0.15) is 18.4 Å². The third-order valence-corrected chi connectivity index (χ3v) is 2.82. The first-order valence-corrected chi connectivity index (χ1v) is 5.57. The summed E-state index contributed by atoms with van der Waals surface area (Å²) in [5.74, 6) is -0.0662. The van der Waals surface area contributed by atoms with Gasteiger partial charge in [0.2, 0.25) is 0 Å². The molecule has 0 atom stereocenters. The van der Waals surface area contributed by atoms with Crippen LogP contribution in [-0.2, 0) is 4.79 Å². The highest BCUT2D eigenvalue weighted by Crippen LogP contribution is 2.29. The maximum Gasteiger partial charge on any atom is 0.303 e. The molecule has 4 heteroatoms. The smallest absolute Gasteiger partial charge is 0.303 e. The van der Waals surface area contributed by atoms with Crippen molar-refractivity contribution < 1.29 is 14.6 Å². The Morgan fingerprint density at radius 3 is 2.69 bits per heavy atom. The Kier molecular flexibility index (Phi) is 4.55. The molecule has 0 aliphatic carbocycles. The number of carboxylic acids is 1. The minimum absolute atomic E-state index is 0.0997. The summed E-state index contributed by atoms with van der Waals surface area (Å²) in [6.45, 7) is 3.87. The van der Waals surface area contributed by atoms with Crippen LogP contribution >= 0.6 is 15.9 Å². The Hall–Kier alpha value is -1.29. The van der Waals surface area contributed by atoms with E-state index in [-0.39, 0.29) is 6.42 Å². The Morgan fingerprint density at radius 1 is 1.50 bits per heavy atom. The maximum absolute atomic E-state index is 10.4. The van der Waals surface area contributed by atoms with E-state index in [1.807, 2.05) is 18.2 Å². The van der Waals surface area contributed by atoms with Crippen LogP contribution in [0.5, 0.6) is 5.75 Å². The third-order valence-electron chi connectivity index (χ3n) is 2.20. The van der Waals surface area contributed by atoms with Gasteiger partial charge in [-0.2, -0.15) is 0 Å². The van der Waals surface area contributed by atoms with Crippen LogP contribution in [0.3, 0.4) is 0 Å². The third kappa shape index (κ3) is 3.38. The maximum atomic E-state index is 10.4. The van der Waals surface area contributed by atoms with E-state index < -0.39 is 5.97 Å². The largest absolute Gasteiger partial charge is 0.496 e. The molecular weight excluding hydrogens is 272 g/mol. The standard InChI is InChI=1S/C12H13BrO3/c1-8(3-6-12(14)15)9-4-5-11(16-2)10(13)7-9/h4-5,7H,1,3,6H2,2H3,(H,14,15). The lowest BCUT2D eigenvalue weighted by Crippen LogP contribution is -1.95. The molecule has 0 radical (unpaired) electrons. The summed E-state index contributed by atoms with van der Waals surface area (Å²) in [4.78, 5) is 10.4. The van der Waals surface area contributed by atoms with Gasteiger partial charge in [-0.3, -0.25) is 4.79 Å². The van der Waals surface area contributed by atoms with E-state index >= 15 is 0 Å². The minimum Gasteiger partial charge on any atom is -0.496 e. The lowest BCUT2D eigenvalue weighted by molar-refractivity contribution is -0.136. The Labute approximate surface area is 103 Å². The highest BCUT2D eigenvalue weighted by molar-refractivity contribution is 9.10. The minimum atomic E-state index is -0.811. The predicted octanol–water partition coefficient (Wildman–Crippen LogP) is 3.34. The second kappa shape index (κ2) is 5.70. The SMILES string of the molecule is C=C(CCC(=O)O)c1ccc(OC)c(Br)c1. The topological polar surface area (TPSA) is 46.5 Å². The van der Waals surface area contributed by atoms with Crippen molar-refractivity contribution in [2.75, 3.05) is 7.11 Å². The molecule has 0 aliphatic heterocycles. The molecule has 0 aromatic heterocycles. The number of carboxylic acid groups (broad SMARTS) is 1. The summed E-state index contributed by atoms with van der Waals surface area (Å²) in [5.41, 5.74) is 1.74. The molecule has 86 valence electrons. The normalized spacial score (nSPS) is 9.88. The number of carbonyl (C=O) groups is 1. The fourth-order valence-electron chi connectivity index (χ4n) is 1.29. The summed E-state index contributed by atoms with van der Waals surface area (Å²) in [5, 5.41) is 8.58. The van der Waals surface area contributed by atoms with E-state index in [9.17, 15) is 4.79 Å². The Morgan fingerprint density at radius 2 is 2.19 bits per heavy atom. The van der Waals surface area contributed by atoms with Crippen LogP contribution in [0, 0.1) is 0 Å². The molecule has 3 nitrogen and oxygen atoms in total. The summed E-state index contributed by atoms with van der Waals surface area (Å²) < 4.78 is 5.94. The number of methoxy groups -OCH3 is 1. The van der Waals surface area contributed by atoms with Gasteiger partial charge >= 0.3 is 5.97 Å². The number of hydrogen-bond donors (Lipinski definition) is 1. The summed E-state index contributed by atoms with van der Waals surface area (Å²) in [6.07, 6.45) is 0.552. The Balaban J connectivity index is 2.77. The zero-order valence-electron chi connectivity index (χ0n) is 9.00. The number of allylic oxidation sites excluding steroid dienone is 1. The number of ether oxygens (including phenoxy) is 1. The van der Waals surface area contributed by atoms with Gasteiger partial charge in [-0.15, -0.1) is 0 Å². The average molecular weight is 285 g/mol. The molecular formula is C12H13BrO3. The fraction of sp³-hybridized carbons (Fsp3) is 0.250. The highest BCUT2D eigenvalue weighted by Gasteiger charge is 2.06. The molecule has 0 spiro atoms.